The van der Waals surface area contributed by atoms with E-state index in [-0.39, 0.29) is 23.8 Å². The van der Waals surface area contributed by atoms with Crippen LogP contribution in [0.15, 0.2) is 10.5 Å². The molecule has 2 rings (SSSR count). The Morgan fingerprint density at radius 3 is 2.81 bits per heavy atom. The van der Waals surface area contributed by atoms with E-state index in [4.69, 9.17) is 26.9 Å². The molecule has 0 amide bonds. The molecular weight excluding hydrogens is 314 g/mol. The number of anilines is 1. The highest BCUT2D eigenvalue weighted by Gasteiger charge is 2.23. The van der Waals surface area contributed by atoms with Crippen LogP contribution in [-0.2, 0) is 14.4 Å². The first-order valence-corrected chi connectivity index (χ1v) is 8.18. The molecule has 116 valence electrons. The van der Waals surface area contributed by atoms with Gasteiger partial charge in [0.1, 0.15) is 11.8 Å². The molecule has 1 aliphatic carbocycles. The fraction of sp³-hybridized carbons (Fsp3) is 0.615. The molecule has 0 aliphatic heterocycles. The highest BCUT2D eigenvalue weighted by molar-refractivity contribution is 7.13. The first kappa shape index (κ1) is 16.0. The summed E-state index contributed by atoms with van der Waals surface area (Å²) in [5.74, 6) is -0.561. The van der Waals surface area contributed by atoms with E-state index in [1.165, 1.54) is 11.3 Å². The number of nitrogens with two attached hydrogens (primary N) is 1. The summed E-state index contributed by atoms with van der Waals surface area (Å²) in [7, 11) is 0. The summed E-state index contributed by atoms with van der Waals surface area (Å²) >= 11 is 7.28. The SMILES string of the molecule is CCOC(=O)/C(=N/OC1CCC(Cl)CC1)c1csc(N)n1. The zero-order valence-corrected chi connectivity index (χ0v) is 13.3. The summed E-state index contributed by atoms with van der Waals surface area (Å²) in [4.78, 5) is 21.5. The van der Waals surface area contributed by atoms with Crippen molar-refractivity contribution < 1.29 is 14.4 Å². The van der Waals surface area contributed by atoms with Gasteiger partial charge in [-0.05, 0) is 32.6 Å². The smallest absolute Gasteiger partial charge is 0.362 e. The number of thiazole rings is 1. The number of carbonyl (C=O) groups excluding carboxylic acids is 1. The van der Waals surface area contributed by atoms with Crippen LogP contribution in [0.3, 0.4) is 0 Å². The second kappa shape index (κ2) is 7.61. The van der Waals surface area contributed by atoms with Gasteiger partial charge in [0.25, 0.3) is 0 Å². The Balaban J connectivity index is 2.07. The number of oxime groups is 1. The molecule has 0 aromatic carbocycles. The molecule has 1 heterocycles. The fourth-order valence-electron chi connectivity index (χ4n) is 2.04. The number of nitrogen functional groups attached to an aromatic ring is 1. The molecule has 0 unspecified atom stereocenters. The van der Waals surface area contributed by atoms with Crippen molar-refractivity contribution in [3.8, 4) is 0 Å². The van der Waals surface area contributed by atoms with Gasteiger partial charge in [-0.15, -0.1) is 22.9 Å². The van der Waals surface area contributed by atoms with Crippen LogP contribution in [0.2, 0.25) is 0 Å². The van der Waals surface area contributed by atoms with Crippen molar-refractivity contribution in [1.82, 2.24) is 4.98 Å². The first-order chi connectivity index (χ1) is 10.1. The molecule has 2 N–H and O–H groups in total. The predicted octanol–water partition coefficient (Wildman–Crippen LogP) is 2.56. The van der Waals surface area contributed by atoms with Crippen LogP contribution in [0.25, 0.3) is 0 Å². The minimum Gasteiger partial charge on any atom is -0.461 e. The van der Waals surface area contributed by atoms with Crippen molar-refractivity contribution in [2.75, 3.05) is 12.3 Å². The normalized spacial score (nSPS) is 22.9. The van der Waals surface area contributed by atoms with Crippen LogP contribution >= 0.6 is 22.9 Å². The number of halogens is 1. The largest absolute Gasteiger partial charge is 0.461 e. The van der Waals surface area contributed by atoms with Crippen molar-refractivity contribution in [2.24, 2.45) is 5.16 Å². The van der Waals surface area contributed by atoms with Crippen LogP contribution in [-0.4, -0.2) is 34.8 Å². The fourth-order valence-corrected chi connectivity index (χ4v) is 2.84. The molecule has 1 aliphatic rings. The lowest BCUT2D eigenvalue weighted by atomic mass is 9.97. The highest BCUT2D eigenvalue weighted by atomic mass is 35.5. The summed E-state index contributed by atoms with van der Waals surface area (Å²) in [6.07, 6.45) is 3.40. The molecule has 0 radical (unpaired) electrons. The number of alkyl halides is 1. The van der Waals surface area contributed by atoms with Gasteiger partial charge in [-0.25, -0.2) is 9.78 Å². The maximum absolute atomic E-state index is 11.9. The summed E-state index contributed by atoms with van der Waals surface area (Å²) in [5, 5.41) is 6.19. The minimum atomic E-state index is -0.561. The first-order valence-electron chi connectivity index (χ1n) is 6.86. The molecule has 0 saturated heterocycles. The van der Waals surface area contributed by atoms with Crippen LogP contribution in [0.4, 0.5) is 5.13 Å². The third-order valence-electron chi connectivity index (χ3n) is 3.13. The van der Waals surface area contributed by atoms with Crippen molar-refractivity contribution in [2.45, 2.75) is 44.1 Å². The van der Waals surface area contributed by atoms with Gasteiger partial charge in [-0.1, -0.05) is 5.16 Å². The summed E-state index contributed by atoms with van der Waals surface area (Å²) in [5.41, 5.74) is 6.02. The van der Waals surface area contributed by atoms with Gasteiger partial charge in [0, 0.05) is 10.8 Å². The third kappa shape index (κ3) is 4.57. The van der Waals surface area contributed by atoms with E-state index in [1.807, 2.05) is 0 Å². The molecule has 8 heteroatoms. The predicted molar refractivity (Wildman–Crippen MR) is 82.7 cm³/mol. The molecule has 6 nitrogen and oxygen atoms in total. The topological polar surface area (TPSA) is 86.8 Å². The Labute approximate surface area is 132 Å². The summed E-state index contributed by atoms with van der Waals surface area (Å²) < 4.78 is 4.98. The standard InChI is InChI=1S/C13H18ClN3O3S/c1-2-19-12(18)11(10-7-21-13(15)16-10)17-20-9-5-3-8(14)4-6-9/h7-9H,2-6H2,1H3,(H2,15,16)/b17-11+. The number of hydrogen-bond acceptors (Lipinski definition) is 7. The number of nitrogens with zero attached hydrogens (tertiary/aromatic N) is 2. The van der Waals surface area contributed by atoms with E-state index in [2.05, 4.69) is 10.1 Å². The average Bonchev–Trinajstić information content (AvgIpc) is 2.88. The zero-order valence-electron chi connectivity index (χ0n) is 11.8. The molecule has 0 spiro atoms. The second-order valence-corrected chi connectivity index (χ2v) is 6.22. The van der Waals surface area contributed by atoms with Crippen LogP contribution < -0.4 is 5.73 Å². The van der Waals surface area contributed by atoms with Gasteiger partial charge in [-0.3, -0.25) is 0 Å². The Hall–Kier alpha value is -1.34. The van der Waals surface area contributed by atoms with E-state index < -0.39 is 5.97 Å². The number of hydrogen-bond donors (Lipinski definition) is 1. The maximum Gasteiger partial charge on any atom is 0.362 e. The monoisotopic (exact) mass is 331 g/mol. The molecule has 1 aromatic heterocycles. The number of esters is 1. The Kier molecular flexibility index (Phi) is 5.81. The van der Waals surface area contributed by atoms with Crippen LogP contribution in [0.1, 0.15) is 38.3 Å². The van der Waals surface area contributed by atoms with Gasteiger partial charge >= 0.3 is 5.97 Å². The maximum atomic E-state index is 11.9. The van der Waals surface area contributed by atoms with E-state index in [1.54, 1.807) is 12.3 Å². The third-order valence-corrected chi connectivity index (χ3v) is 4.24. The van der Waals surface area contributed by atoms with E-state index in [0.29, 0.717) is 10.8 Å². The summed E-state index contributed by atoms with van der Waals surface area (Å²) in [6.45, 7) is 1.99. The Morgan fingerprint density at radius 2 is 2.24 bits per heavy atom. The molecule has 0 bridgehead atoms. The van der Waals surface area contributed by atoms with E-state index in [9.17, 15) is 4.79 Å². The number of rotatable bonds is 5. The van der Waals surface area contributed by atoms with Crippen LogP contribution in [0.5, 0.6) is 0 Å². The molecule has 1 fully saturated rings. The molecule has 1 saturated carbocycles. The van der Waals surface area contributed by atoms with Crippen molar-refractivity contribution >= 4 is 39.8 Å². The van der Waals surface area contributed by atoms with Crippen molar-refractivity contribution in [3.63, 3.8) is 0 Å². The lowest BCUT2D eigenvalue weighted by Crippen LogP contribution is -2.23. The molecule has 1 aromatic rings. The van der Waals surface area contributed by atoms with Crippen molar-refractivity contribution in [3.05, 3.63) is 11.1 Å². The van der Waals surface area contributed by atoms with Gasteiger partial charge in [0.05, 0.1) is 6.61 Å². The van der Waals surface area contributed by atoms with Crippen LogP contribution in [0, 0.1) is 0 Å². The quantitative estimate of drug-likeness (QED) is 0.388. The Morgan fingerprint density at radius 1 is 1.52 bits per heavy atom. The average molecular weight is 332 g/mol. The van der Waals surface area contributed by atoms with Gasteiger partial charge < -0.3 is 15.3 Å². The number of carbonyl (C=O) groups is 1. The zero-order chi connectivity index (χ0) is 15.2. The lowest BCUT2D eigenvalue weighted by molar-refractivity contribution is -0.135. The summed E-state index contributed by atoms with van der Waals surface area (Å²) in [6, 6.07) is 0. The van der Waals surface area contributed by atoms with E-state index >= 15 is 0 Å². The highest BCUT2D eigenvalue weighted by Crippen LogP contribution is 2.25. The van der Waals surface area contributed by atoms with Gasteiger partial charge in [-0.2, -0.15) is 0 Å². The lowest BCUT2D eigenvalue weighted by Gasteiger charge is -2.23. The number of aromatic nitrogens is 1. The minimum absolute atomic E-state index is 0.0274. The van der Waals surface area contributed by atoms with Gasteiger partial charge in [0.2, 0.25) is 5.71 Å². The van der Waals surface area contributed by atoms with E-state index in [0.717, 1.165) is 25.7 Å². The Bertz CT molecular complexity index is 513. The molecular formula is C13H18ClN3O3S. The van der Waals surface area contributed by atoms with Gasteiger partial charge in [0.15, 0.2) is 5.13 Å². The number of ether oxygens (including phenoxy) is 1. The molecule has 21 heavy (non-hydrogen) atoms. The second-order valence-electron chi connectivity index (χ2n) is 4.71. The van der Waals surface area contributed by atoms with Crippen molar-refractivity contribution in [1.29, 1.82) is 0 Å². The molecule has 0 atom stereocenters.